The summed E-state index contributed by atoms with van der Waals surface area (Å²) in [4.78, 5) is 19.8. The Morgan fingerprint density at radius 3 is 2.65 bits per heavy atom. The number of aromatic carboxylic acids is 1. The van der Waals surface area contributed by atoms with Crippen molar-refractivity contribution in [2.75, 3.05) is 0 Å². The Morgan fingerprint density at radius 1 is 1.24 bits per heavy atom. The topological polar surface area (TPSA) is 63.1 Å². The van der Waals surface area contributed by atoms with E-state index in [9.17, 15) is 4.79 Å². The zero-order valence-electron chi connectivity index (χ0n) is 9.12. The molecule has 1 aromatic carbocycles. The van der Waals surface area contributed by atoms with E-state index >= 15 is 0 Å². The molecule has 0 bridgehead atoms. The summed E-state index contributed by atoms with van der Waals surface area (Å²) in [5.41, 5.74) is 1.07. The van der Waals surface area contributed by atoms with Gasteiger partial charge in [-0.2, -0.15) is 0 Å². The standard InChI is InChI=1S/C12H10N2O2S/c1-8-4-2-3-5-9(8)17-11-10(12(15)16)13-6-7-14-11/h2-7H,1H3,(H,15,16). The molecule has 2 rings (SSSR count). The lowest BCUT2D eigenvalue weighted by Gasteiger charge is -2.05. The van der Waals surface area contributed by atoms with E-state index in [2.05, 4.69) is 9.97 Å². The number of aryl methyl sites for hydroxylation is 1. The van der Waals surface area contributed by atoms with Crippen molar-refractivity contribution in [3.05, 3.63) is 47.9 Å². The second kappa shape index (κ2) is 4.97. The van der Waals surface area contributed by atoms with E-state index in [0.717, 1.165) is 10.5 Å². The SMILES string of the molecule is Cc1ccccc1Sc1nccnc1C(=O)O. The minimum absolute atomic E-state index is 0.0132. The van der Waals surface area contributed by atoms with Crippen molar-refractivity contribution in [3.8, 4) is 0 Å². The minimum Gasteiger partial charge on any atom is -0.476 e. The quantitative estimate of drug-likeness (QED) is 0.902. The molecule has 0 aliphatic rings. The van der Waals surface area contributed by atoms with Gasteiger partial charge in [0.1, 0.15) is 5.03 Å². The van der Waals surface area contributed by atoms with Crippen LogP contribution in [0.15, 0.2) is 46.6 Å². The normalized spacial score (nSPS) is 10.2. The molecule has 86 valence electrons. The first-order chi connectivity index (χ1) is 8.18. The molecule has 0 aliphatic carbocycles. The van der Waals surface area contributed by atoms with Crippen molar-refractivity contribution in [2.24, 2.45) is 0 Å². The van der Waals surface area contributed by atoms with Crippen molar-refractivity contribution in [3.63, 3.8) is 0 Å². The van der Waals surface area contributed by atoms with Gasteiger partial charge in [-0.15, -0.1) is 0 Å². The molecule has 0 amide bonds. The van der Waals surface area contributed by atoms with Crippen molar-refractivity contribution in [1.82, 2.24) is 9.97 Å². The van der Waals surface area contributed by atoms with Crippen LogP contribution < -0.4 is 0 Å². The van der Waals surface area contributed by atoms with Gasteiger partial charge >= 0.3 is 5.97 Å². The Hall–Kier alpha value is -1.88. The predicted octanol–water partition coefficient (Wildman–Crippen LogP) is 2.63. The van der Waals surface area contributed by atoms with Gasteiger partial charge in [-0.05, 0) is 18.6 Å². The first-order valence-electron chi connectivity index (χ1n) is 4.96. The number of hydrogen-bond donors (Lipinski definition) is 1. The van der Waals surface area contributed by atoms with E-state index in [1.54, 1.807) is 0 Å². The molecule has 2 aromatic rings. The zero-order valence-corrected chi connectivity index (χ0v) is 9.94. The van der Waals surface area contributed by atoms with Crippen molar-refractivity contribution in [1.29, 1.82) is 0 Å². The molecular formula is C12H10N2O2S. The van der Waals surface area contributed by atoms with Gasteiger partial charge < -0.3 is 5.11 Å². The second-order valence-corrected chi connectivity index (χ2v) is 4.41. The highest BCUT2D eigenvalue weighted by Crippen LogP contribution is 2.29. The summed E-state index contributed by atoms with van der Waals surface area (Å²) < 4.78 is 0. The molecule has 0 fully saturated rings. The van der Waals surface area contributed by atoms with Crippen LogP contribution in [0.1, 0.15) is 16.1 Å². The third-order valence-electron chi connectivity index (χ3n) is 2.17. The third-order valence-corrected chi connectivity index (χ3v) is 3.34. The molecule has 1 aromatic heterocycles. The summed E-state index contributed by atoms with van der Waals surface area (Å²) >= 11 is 1.31. The average Bonchev–Trinajstić information content (AvgIpc) is 2.32. The second-order valence-electron chi connectivity index (χ2n) is 3.38. The Labute approximate surface area is 103 Å². The van der Waals surface area contributed by atoms with Crippen LogP contribution in [0.5, 0.6) is 0 Å². The molecule has 1 heterocycles. The lowest BCUT2D eigenvalue weighted by Crippen LogP contribution is -2.03. The number of benzene rings is 1. The fraction of sp³-hybridized carbons (Fsp3) is 0.0833. The first-order valence-corrected chi connectivity index (χ1v) is 5.78. The highest BCUT2D eigenvalue weighted by molar-refractivity contribution is 7.99. The summed E-state index contributed by atoms with van der Waals surface area (Å²) in [5, 5.41) is 9.41. The summed E-state index contributed by atoms with van der Waals surface area (Å²) in [7, 11) is 0. The van der Waals surface area contributed by atoms with Crippen LogP contribution in [0.4, 0.5) is 0 Å². The zero-order chi connectivity index (χ0) is 12.3. The van der Waals surface area contributed by atoms with Gasteiger partial charge in [-0.3, -0.25) is 0 Å². The fourth-order valence-corrected chi connectivity index (χ4v) is 2.26. The summed E-state index contributed by atoms with van der Waals surface area (Å²) in [5.74, 6) is -1.06. The van der Waals surface area contributed by atoms with E-state index in [4.69, 9.17) is 5.11 Å². The molecule has 1 N–H and O–H groups in total. The number of hydrogen-bond acceptors (Lipinski definition) is 4. The Kier molecular flexibility index (Phi) is 3.39. The van der Waals surface area contributed by atoms with Gasteiger partial charge in [-0.25, -0.2) is 14.8 Å². The van der Waals surface area contributed by atoms with E-state index in [1.165, 1.54) is 24.2 Å². The Balaban J connectivity index is 2.37. The molecular weight excluding hydrogens is 236 g/mol. The highest BCUT2D eigenvalue weighted by atomic mass is 32.2. The number of carboxylic acid groups (broad SMARTS) is 1. The Bertz CT molecular complexity index is 558. The monoisotopic (exact) mass is 246 g/mol. The number of nitrogens with zero attached hydrogens (tertiary/aromatic N) is 2. The summed E-state index contributed by atoms with van der Waals surface area (Å²) in [6.45, 7) is 1.97. The van der Waals surface area contributed by atoms with Gasteiger partial charge in [-0.1, -0.05) is 30.0 Å². The van der Waals surface area contributed by atoms with Gasteiger partial charge in [0.2, 0.25) is 0 Å². The Morgan fingerprint density at radius 2 is 1.94 bits per heavy atom. The maximum atomic E-state index is 11.0. The summed E-state index contributed by atoms with van der Waals surface area (Å²) in [6, 6.07) is 7.75. The predicted molar refractivity (Wildman–Crippen MR) is 64.3 cm³/mol. The van der Waals surface area contributed by atoms with Gasteiger partial charge in [0.05, 0.1) is 0 Å². The molecule has 0 aliphatic heterocycles. The molecule has 0 spiro atoms. The number of rotatable bonds is 3. The smallest absolute Gasteiger partial charge is 0.357 e. The van der Waals surface area contributed by atoms with Gasteiger partial charge in [0.25, 0.3) is 0 Å². The molecule has 5 heteroatoms. The third kappa shape index (κ3) is 2.62. The van der Waals surface area contributed by atoms with Crippen molar-refractivity contribution < 1.29 is 9.90 Å². The van der Waals surface area contributed by atoms with Crippen LogP contribution in [-0.4, -0.2) is 21.0 Å². The minimum atomic E-state index is -1.06. The van der Waals surface area contributed by atoms with Crippen LogP contribution >= 0.6 is 11.8 Å². The number of carboxylic acids is 1. The maximum absolute atomic E-state index is 11.0. The van der Waals surface area contributed by atoms with Crippen molar-refractivity contribution >= 4 is 17.7 Å². The lowest BCUT2D eigenvalue weighted by atomic mass is 10.2. The van der Waals surface area contributed by atoms with Gasteiger partial charge in [0.15, 0.2) is 5.69 Å². The van der Waals surface area contributed by atoms with E-state index in [-0.39, 0.29) is 5.69 Å². The number of carbonyl (C=O) groups is 1. The van der Waals surface area contributed by atoms with Crippen LogP contribution in [0.2, 0.25) is 0 Å². The fourth-order valence-electron chi connectivity index (χ4n) is 1.32. The average molecular weight is 246 g/mol. The molecule has 0 saturated carbocycles. The highest BCUT2D eigenvalue weighted by Gasteiger charge is 2.14. The van der Waals surface area contributed by atoms with E-state index in [1.807, 2.05) is 31.2 Å². The largest absolute Gasteiger partial charge is 0.476 e. The van der Waals surface area contributed by atoms with Crippen LogP contribution in [0.25, 0.3) is 0 Å². The molecule has 0 radical (unpaired) electrons. The molecule has 0 atom stereocenters. The summed E-state index contributed by atoms with van der Waals surface area (Å²) in [6.07, 6.45) is 2.87. The van der Waals surface area contributed by atoms with E-state index in [0.29, 0.717) is 5.03 Å². The van der Waals surface area contributed by atoms with Crippen LogP contribution in [0, 0.1) is 6.92 Å². The lowest BCUT2D eigenvalue weighted by molar-refractivity contribution is 0.0685. The number of aromatic nitrogens is 2. The molecule has 17 heavy (non-hydrogen) atoms. The molecule has 0 saturated heterocycles. The molecule has 4 nitrogen and oxygen atoms in total. The first kappa shape index (κ1) is 11.6. The van der Waals surface area contributed by atoms with Crippen molar-refractivity contribution in [2.45, 2.75) is 16.8 Å². The maximum Gasteiger partial charge on any atom is 0.357 e. The van der Waals surface area contributed by atoms with E-state index < -0.39 is 5.97 Å². The van der Waals surface area contributed by atoms with Gasteiger partial charge in [0, 0.05) is 17.3 Å². The van der Waals surface area contributed by atoms with Crippen LogP contribution in [0.3, 0.4) is 0 Å². The van der Waals surface area contributed by atoms with Crippen LogP contribution in [-0.2, 0) is 0 Å². The molecule has 0 unspecified atom stereocenters.